The zero-order valence-corrected chi connectivity index (χ0v) is 11.4. The third-order valence-corrected chi connectivity index (χ3v) is 2.59. The summed E-state index contributed by atoms with van der Waals surface area (Å²) in [7, 11) is 0. The Morgan fingerprint density at radius 3 is 2.86 bits per heavy atom. The number of hydrogen-bond acceptors (Lipinski definition) is 5. The molecule has 0 aliphatic carbocycles. The van der Waals surface area contributed by atoms with Gasteiger partial charge in [-0.1, -0.05) is 24.3 Å². The van der Waals surface area contributed by atoms with Crippen LogP contribution in [0, 0.1) is 10.1 Å². The number of nitrogens with zero attached hydrogens (tertiary/aromatic N) is 3. The summed E-state index contributed by atoms with van der Waals surface area (Å²) < 4.78 is 0. The molecule has 110 valence electrons. The molecule has 0 unspecified atom stereocenters. The van der Waals surface area contributed by atoms with Crippen LogP contribution >= 0.6 is 0 Å². The minimum atomic E-state index is -0.460. The van der Waals surface area contributed by atoms with E-state index in [0.29, 0.717) is 5.56 Å². The van der Waals surface area contributed by atoms with Gasteiger partial charge in [-0.05, 0) is 23.8 Å². The van der Waals surface area contributed by atoms with Gasteiger partial charge in [-0.25, -0.2) is 5.43 Å². The Morgan fingerprint density at radius 2 is 2.14 bits per heavy atom. The first-order chi connectivity index (χ1) is 10.7. The second-order valence-corrected chi connectivity index (χ2v) is 4.15. The standard InChI is InChI=1S/C15H12N4O3/c20-15(14-8-1-2-9-16-14)18-17-10-4-6-12-5-3-7-13(11-12)19(21)22/h1-11H,(H,18,20). The van der Waals surface area contributed by atoms with Crippen LogP contribution in [0.2, 0.25) is 0 Å². The van der Waals surface area contributed by atoms with E-state index in [-0.39, 0.29) is 11.4 Å². The molecule has 7 heteroatoms. The van der Waals surface area contributed by atoms with Crippen molar-refractivity contribution in [2.45, 2.75) is 0 Å². The number of pyridine rings is 1. The third-order valence-electron chi connectivity index (χ3n) is 2.59. The minimum Gasteiger partial charge on any atom is -0.266 e. The molecule has 1 aromatic carbocycles. The van der Waals surface area contributed by atoms with Crippen LogP contribution in [0.15, 0.2) is 59.8 Å². The number of amides is 1. The van der Waals surface area contributed by atoms with Gasteiger partial charge in [0.15, 0.2) is 0 Å². The van der Waals surface area contributed by atoms with E-state index in [4.69, 9.17) is 0 Å². The van der Waals surface area contributed by atoms with Crippen molar-refractivity contribution in [2.75, 3.05) is 0 Å². The highest BCUT2D eigenvalue weighted by Gasteiger charge is 2.04. The molecule has 2 rings (SSSR count). The van der Waals surface area contributed by atoms with Crippen molar-refractivity contribution in [3.05, 3.63) is 76.1 Å². The summed E-state index contributed by atoms with van der Waals surface area (Å²) >= 11 is 0. The second kappa shape index (κ2) is 7.44. The van der Waals surface area contributed by atoms with Gasteiger partial charge in [-0.3, -0.25) is 19.9 Å². The fourth-order valence-corrected chi connectivity index (χ4v) is 1.59. The molecule has 1 heterocycles. The number of hydrogen-bond donors (Lipinski definition) is 1. The van der Waals surface area contributed by atoms with Crippen molar-refractivity contribution >= 4 is 23.9 Å². The molecule has 1 N–H and O–H groups in total. The van der Waals surface area contributed by atoms with Crippen LogP contribution in [-0.2, 0) is 0 Å². The van der Waals surface area contributed by atoms with Gasteiger partial charge in [0.2, 0.25) is 0 Å². The van der Waals surface area contributed by atoms with E-state index < -0.39 is 10.8 Å². The highest BCUT2D eigenvalue weighted by molar-refractivity contribution is 5.92. The van der Waals surface area contributed by atoms with Crippen molar-refractivity contribution < 1.29 is 9.72 Å². The van der Waals surface area contributed by atoms with Gasteiger partial charge < -0.3 is 0 Å². The van der Waals surface area contributed by atoms with Crippen LogP contribution in [0.4, 0.5) is 5.69 Å². The number of nitro benzene ring substituents is 1. The zero-order chi connectivity index (χ0) is 15.8. The summed E-state index contributed by atoms with van der Waals surface area (Å²) in [4.78, 5) is 25.7. The summed E-state index contributed by atoms with van der Waals surface area (Å²) in [6, 6.07) is 11.2. The first-order valence-corrected chi connectivity index (χ1v) is 6.32. The topological polar surface area (TPSA) is 97.5 Å². The fourth-order valence-electron chi connectivity index (χ4n) is 1.59. The van der Waals surface area contributed by atoms with Crippen LogP contribution in [0.5, 0.6) is 0 Å². The van der Waals surface area contributed by atoms with Crippen LogP contribution in [0.1, 0.15) is 16.1 Å². The lowest BCUT2D eigenvalue weighted by atomic mass is 10.2. The number of carbonyl (C=O) groups is 1. The van der Waals surface area contributed by atoms with Gasteiger partial charge >= 0.3 is 0 Å². The SMILES string of the molecule is O=C(NN=CC=Cc1cccc([N+](=O)[O-])c1)c1ccccn1. The number of allylic oxidation sites excluding steroid dienone is 1. The normalized spacial score (nSPS) is 10.9. The Kier molecular flexibility index (Phi) is 5.09. The van der Waals surface area contributed by atoms with Gasteiger partial charge in [0.1, 0.15) is 5.69 Å². The Hall–Kier alpha value is -3.35. The molecule has 2 aromatic rings. The molecule has 0 bridgehead atoms. The average molecular weight is 296 g/mol. The molecule has 0 saturated heterocycles. The van der Waals surface area contributed by atoms with Gasteiger partial charge in [0.05, 0.1) is 4.92 Å². The highest BCUT2D eigenvalue weighted by Crippen LogP contribution is 2.13. The van der Waals surface area contributed by atoms with Gasteiger partial charge in [-0.2, -0.15) is 5.10 Å². The van der Waals surface area contributed by atoms with E-state index >= 15 is 0 Å². The zero-order valence-electron chi connectivity index (χ0n) is 11.4. The molecule has 1 aromatic heterocycles. The van der Waals surface area contributed by atoms with E-state index in [1.54, 1.807) is 42.5 Å². The number of hydrazone groups is 1. The molecule has 1 amide bonds. The highest BCUT2D eigenvalue weighted by atomic mass is 16.6. The smallest absolute Gasteiger partial charge is 0.266 e. The maximum Gasteiger partial charge on any atom is 0.289 e. The molecule has 0 aliphatic heterocycles. The van der Waals surface area contributed by atoms with Crippen LogP contribution in [0.3, 0.4) is 0 Å². The van der Waals surface area contributed by atoms with E-state index in [0.717, 1.165) is 0 Å². The largest absolute Gasteiger partial charge is 0.289 e. The van der Waals surface area contributed by atoms with Crippen molar-refractivity contribution in [3.63, 3.8) is 0 Å². The van der Waals surface area contributed by atoms with Crippen LogP contribution in [0.25, 0.3) is 6.08 Å². The van der Waals surface area contributed by atoms with E-state index in [1.807, 2.05) is 0 Å². The number of nitro groups is 1. The summed E-state index contributed by atoms with van der Waals surface area (Å²) in [5, 5.41) is 14.4. The lowest BCUT2D eigenvalue weighted by Gasteiger charge is -1.96. The molecule has 7 nitrogen and oxygen atoms in total. The summed E-state index contributed by atoms with van der Waals surface area (Å²) in [6.07, 6.45) is 6.10. The van der Waals surface area contributed by atoms with Crippen molar-refractivity contribution in [2.24, 2.45) is 5.10 Å². The molecule has 0 spiro atoms. The molecular weight excluding hydrogens is 284 g/mol. The Morgan fingerprint density at radius 1 is 1.27 bits per heavy atom. The number of benzene rings is 1. The predicted octanol–water partition coefficient (Wildman–Crippen LogP) is 2.42. The molecule has 22 heavy (non-hydrogen) atoms. The maximum atomic E-state index is 11.6. The lowest BCUT2D eigenvalue weighted by Crippen LogP contribution is -2.18. The third kappa shape index (κ3) is 4.34. The lowest BCUT2D eigenvalue weighted by molar-refractivity contribution is -0.384. The quantitative estimate of drug-likeness (QED) is 0.520. The second-order valence-electron chi connectivity index (χ2n) is 4.15. The molecule has 0 aliphatic rings. The predicted molar refractivity (Wildman–Crippen MR) is 82.3 cm³/mol. The molecular formula is C15H12N4O3. The number of aromatic nitrogens is 1. The Bertz CT molecular complexity index is 727. The number of rotatable bonds is 5. The maximum absolute atomic E-state index is 11.6. The molecule has 0 radical (unpaired) electrons. The minimum absolute atomic E-state index is 0.0162. The average Bonchev–Trinajstić information content (AvgIpc) is 2.55. The first kappa shape index (κ1) is 15.0. The van der Waals surface area contributed by atoms with E-state index in [2.05, 4.69) is 15.5 Å². The van der Waals surface area contributed by atoms with Gasteiger partial charge in [0.25, 0.3) is 11.6 Å². The van der Waals surface area contributed by atoms with E-state index in [1.165, 1.54) is 24.5 Å². The van der Waals surface area contributed by atoms with Gasteiger partial charge in [-0.15, -0.1) is 0 Å². The summed E-state index contributed by atoms with van der Waals surface area (Å²) in [5.74, 6) is -0.416. The summed E-state index contributed by atoms with van der Waals surface area (Å²) in [6.45, 7) is 0. The van der Waals surface area contributed by atoms with Crippen molar-refractivity contribution in [3.8, 4) is 0 Å². The summed E-state index contributed by atoms with van der Waals surface area (Å²) in [5.41, 5.74) is 3.27. The fraction of sp³-hybridized carbons (Fsp3) is 0. The number of non-ortho nitro benzene ring substituents is 1. The van der Waals surface area contributed by atoms with Crippen LogP contribution in [-0.4, -0.2) is 22.0 Å². The monoisotopic (exact) mass is 296 g/mol. The van der Waals surface area contributed by atoms with Crippen molar-refractivity contribution in [1.82, 2.24) is 10.4 Å². The van der Waals surface area contributed by atoms with Crippen molar-refractivity contribution in [1.29, 1.82) is 0 Å². The molecule has 0 saturated carbocycles. The molecule has 0 fully saturated rings. The van der Waals surface area contributed by atoms with Gasteiger partial charge in [0, 0.05) is 24.5 Å². The first-order valence-electron chi connectivity index (χ1n) is 6.32. The number of carbonyl (C=O) groups excluding carboxylic acids is 1. The van der Waals surface area contributed by atoms with E-state index in [9.17, 15) is 14.9 Å². The van der Waals surface area contributed by atoms with Crippen LogP contribution < -0.4 is 5.43 Å². The molecule has 0 atom stereocenters. The Balaban J connectivity index is 1.91. The Labute approximate surface area is 126 Å². The number of nitrogens with one attached hydrogen (secondary N) is 1.